The maximum Gasteiger partial charge on any atom is 0.278 e. The van der Waals surface area contributed by atoms with Crippen molar-refractivity contribution in [1.82, 2.24) is 4.90 Å². The number of amides is 2. The van der Waals surface area contributed by atoms with Crippen molar-refractivity contribution in [2.24, 2.45) is 0 Å². The van der Waals surface area contributed by atoms with Gasteiger partial charge in [-0.1, -0.05) is 29.8 Å². The van der Waals surface area contributed by atoms with E-state index in [1.54, 1.807) is 24.3 Å². The van der Waals surface area contributed by atoms with E-state index in [-0.39, 0.29) is 24.1 Å². The Morgan fingerprint density at radius 3 is 2.40 bits per heavy atom. The fourth-order valence-electron chi connectivity index (χ4n) is 3.46. The van der Waals surface area contributed by atoms with Gasteiger partial charge in [0.25, 0.3) is 11.8 Å². The molecule has 0 radical (unpaired) electrons. The number of carbonyl (C=O) groups excluding carboxylic acids is 2. The second-order valence-corrected chi connectivity index (χ2v) is 7.85. The Bertz CT molecular complexity index is 1180. The maximum atomic E-state index is 13.3. The standard InChI is InChI=1S/C24H21ClN2O3/c1-14-6-7-17(11-15(14)2)21-22(26-20-9-8-18(25)12-16(20)3)24(29)27(23(21)28)13-19-5-4-10-30-19/h4-12,26H,13H2,1-3H3. The number of nitrogens with one attached hydrogen (secondary N) is 1. The van der Waals surface area contributed by atoms with E-state index in [4.69, 9.17) is 16.0 Å². The minimum Gasteiger partial charge on any atom is -0.467 e. The highest BCUT2D eigenvalue weighted by Crippen LogP contribution is 2.33. The fraction of sp³-hybridized carbons (Fsp3) is 0.167. The van der Waals surface area contributed by atoms with Gasteiger partial charge in [-0.2, -0.15) is 0 Å². The molecule has 6 heteroatoms. The van der Waals surface area contributed by atoms with Crippen molar-refractivity contribution in [3.8, 4) is 0 Å². The van der Waals surface area contributed by atoms with Gasteiger partial charge in [0, 0.05) is 10.7 Å². The summed E-state index contributed by atoms with van der Waals surface area (Å²) in [5.74, 6) is -0.201. The van der Waals surface area contributed by atoms with E-state index in [9.17, 15) is 9.59 Å². The van der Waals surface area contributed by atoms with Crippen molar-refractivity contribution in [2.45, 2.75) is 27.3 Å². The molecule has 1 N–H and O–H groups in total. The summed E-state index contributed by atoms with van der Waals surface area (Å²) in [6.45, 7) is 5.96. The predicted octanol–water partition coefficient (Wildman–Crippen LogP) is 5.25. The number of hydrogen-bond acceptors (Lipinski definition) is 4. The number of benzene rings is 2. The molecule has 2 aromatic carbocycles. The van der Waals surface area contributed by atoms with Crippen molar-refractivity contribution in [1.29, 1.82) is 0 Å². The zero-order chi connectivity index (χ0) is 21.4. The molecule has 0 bridgehead atoms. The molecule has 1 aromatic heterocycles. The lowest BCUT2D eigenvalue weighted by atomic mass is 9.99. The molecule has 0 saturated carbocycles. The molecule has 30 heavy (non-hydrogen) atoms. The topological polar surface area (TPSA) is 62.6 Å². The second-order valence-electron chi connectivity index (χ2n) is 7.41. The summed E-state index contributed by atoms with van der Waals surface area (Å²) < 4.78 is 5.35. The van der Waals surface area contributed by atoms with Crippen LogP contribution in [0.4, 0.5) is 5.69 Å². The predicted molar refractivity (Wildman–Crippen MR) is 117 cm³/mol. The molecule has 0 spiro atoms. The van der Waals surface area contributed by atoms with Gasteiger partial charge >= 0.3 is 0 Å². The summed E-state index contributed by atoms with van der Waals surface area (Å²) in [6, 6.07) is 14.6. The Labute approximate surface area is 180 Å². The van der Waals surface area contributed by atoms with Crippen molar-refractivity contribution in [3.63, 3.8) is 0 Å². The molecule has 1 aliphatic heterocycles. The molecular formula is C24H21ClN2O3. The average Bonchev–Trinajstić information content (AvgIpc) is 3.29. The van der Waals surface area contributed by atoms with Crippen molar-refractivity contribution in [2.75, 3.05) is 5.32 Å². The lowest BCUT2D eigenvalue weighted by molar-refractivity contribution is -0.137. The Kier molecular flexibility index (Phi) is 5.22. The van der Waals surface area contributed by atoms with Crippen molar-refractivity contribution >= 4 is 34.7 Å². The number of nitrogens with zero attached hydrogens (tertiary/aromatic N) is 1. The van der Waals surface area contributed by atoms with Crippen LogP contribution in [0.25, 0.3) is 5.57 Å². The molecule has 0 saturated heterocycles. The largest absolute Gasteiger partial charge is 0.467 e. The molecule has 1 aliphatic rings. The van der Waals surface area contributed by atoms with Crippen molar-refractivity contribution < 1.29 is 14.0 Å². The number of furan rings is 1. The Morgan fingerprint density at radius 2 is 1.73 bits per heavy atom. The Balaban J connectivity index is 1.80. The molecule has 5 nitrogen and oxygen atoms in total. The third kappa shape index (κ3) is 3.64. The number of hydrogen-bond donors (Lipinski definition) is 1. The first-order chi connectivity index (χ1) is 14.3. The molecular weight excluding hydrogens is 400 g/mol. The van der Waals surface area contributed by atoms with Gasteiger partial charge in [0.15, 0.2) is 0 Å². The van der Waals surface area contributed by atoms with Crippen LogP contribution >= 0.6 is 11.6 Å². The molecule has 2 amide bonds. The monoisotopic (exact) mass is 420 g/mol. The highest BCUT2D eigenvalue weighted by Gasteiger charge is 2.39. The first-order valence-corrected chi connectivity index (χ1v) is 9.96. The molecule has 2 heterocycles. The average molecular weight is 421 g/mol. The molecule has 3 aromatic rings. The minimum absolute atomic E-state index is 0.0732. The number of anilines is 1. The van der Waals surface area contributed by atoms with E-state index >= 15 is 0 Å². The van der Waals surface area contributed by atoms with Gasteiger partial charge in [0.05, 0.1) is 18.4 Å². The van der Waals surface area contributed by atoms with Gasteiger partial charge in [-0.25, -0.2) is 0 Å². The molecule has 0 aliphatic carbocycles. The molecule has 4 rings (SSSR count). The van der Waals surface area contributed by atoms with E-state index in [2.05, 4.69) is 5.32 Å². The maximum absolute atomic E-state index is 13.3. The number of imide groups is 1. The van der Waals surface area contributed by atoms with Crippen LogP contribution in [0.15, 0.2) is 64.9 Å². The highest BCUT2D eigenvalue weighted by atomic mass is 35.5. The Morgan fingerprint density at radius 1 is 0.933 bits per heavy atom. The van der Waals surface area contributed by atoms with Crippen LogP contribution in [-0.2, 0) is 16.1 Å². The molecule has 0 fully saturated rings. The third-order valence-electron chi connectivity index (χ3n) is 5.31. The number of carbonyl (C=O) groups is 2. The highest BCUT2D eigenvalue weighted by molar-refractivity contribution is 6.36. The van der Waals surface area contributed by atoms with Crippen LogP contribution < -0.4 is 5.32 Å². The third-order valence-corrected chi connectivity index (χ3v) is 5.54. The molecule has 152 valence electrons. The first kappa shape index (κ1) is 20.0. The zero-order valence-electron chi connectivity index (χ0n) is 17.0. The van der Waals surface area contributed by atoms with Crippen LogP contribution in [0.5, 0.6) is 0 Å². The van der Waals surface area contributed by atoms with Gasteiger partial charge in [-0.3, -0.25) is 14.5 Å². The van der Waals surface area contributed by atoms with Crippen LogP contribution in [0.3, 0.4) is 0 Å². The van der Waals surface area contributed by atoms with Gasteiger partial charge in [-0.05, 0) is 73.4 Å². The fourth-order valence-corrected chi connectivity index (χ4v) is 3.69. The van der Waals surface area contributed by atoms with Crippen molar-refractivity contribution in [3.05, 3.63) is 93.5 Å². The van der Waals surface area contributed by atoms with E-state index in [1.807, 2.05) is 45.0 Å². The SMILES string of the molecule is Cc1ccc(C2=C(Nc3ccc(Cl)cc3C)C(=O)N(Cc3ccco3)C2=O)cc1C. The smallest absolute Gasteiger partial charge is 0.278 e. The number of halogens is 1. The summed E-state index contributed by atoms with van der Waals surface area (Å²) in [5.41, 5.74) is 5.06. The van der Waals surface area contributed by atoms with E-state index in [0.717, 1.165) is 22.4 Å². The Hall–Kier alpha value is -3.31. The normalized spacial score (nSPS) is 14.1. The molecule has 0 atom stereocenters. The van der Waals surface area contributed by atoms with Crippen LogP contribution in [0.1, 0.15) is 28.0 Å². The number of rotatable bonds is 5. The van der Waals surface area contributed by atoms with Crippen LogP contribution in [0, 0.1) is 20.8 Å². The van der Waals surface area contributed by atoms with E-state index < -0.39 is 0 Å². The lowest BCUT2D eigenvalue weighted by Gasteiger charge is -2.14. The minimum atomic E-state index is -0.390. The summed E-state index contributed by atoms with van der Waals surface area (Å²) in [4.78, 5) is 27.8. The summed E-state index contributed by atoms with van der Waals surface area (Å²) in [5, 5.41) is 3.79. The van der Waals surface area contributed by atoms with Crippen LogP contribution in [0.2, 0.25) is 5.02 Å². The summed E-state index contributed by atoms with van der Waals surface area (Å²) in [7, 11) is 0. The van der Waals surface area contributed by atoms with E-state index in [0.29, 0.717) is 21.9 Å². The lowest BCUT2D eigenvalue weighted by Crippen LogP contribution is -2.31. The zero-order valence-corrected chi connectivity index (χ0v) is 17.7. The van der Waals surface area contributed by atoms with Gasteiger partial charge in [-0.15, -0.1) is 0 Å². The van der Waals surface area contributed by atoms with Gasteiger partial charge < -0.3 is 9.73 Å². The summed E-state index contributed by atoms with van der Waals surface area (Å²) in [6.07, 6.45) is 1.52. The quantitative estimate of drug-likeness (QED) is 0.572. The first-order valence-electron chi connectivity index (χ1n) is 9.59. The number of aryl methyl sites for hydroxylation is 3. The van der Waals surface area contributed by atoms with Gasteiger partial charge in [0.2, 0.25) is 0 Å². The van der Waals surface area contributed by atoms with E-state index in [1.165, 1.54) is 11.2 Å². The van der Waals surface area contributed by atoms with Gasteiger partial charge in [0.1, 0.15) is 11.5 Å². The second kappa shape index (κ2) is 7.84. The van der Waals surface area contributed by atoms with Crippen LogP contribution in [-0.4, -0.2) is 16.7 Å². The summed E-state index contributed by atoms with van der Waals surface area (Å²) >= 11 is 6.07. The molecule has 0 unspecified atom stereocenters.